The van der Waals surface area contributed by atoms with E-state index in [9.17, 15) is 0 Å². The molecule has 0 aliphatic carbocycles. The first-order chi connectivity index (χ1) is 7.33. The maximum Gasteiger partial charge on any atom is 0.0650 e. The smallest absolute Gasteiger partial charge is 0.0650 e. The van der Waals surface area contributed by atoms with E-state index in [0.29, 0.717) is 5.88 Å². The Balaban J connectivity index is 0.00000128. The van der Waals surface area contributed by atoms with Gasteiger partial charge in [-0.15, -0.1) is 24.0 Å². The van der Waals surface area contributed by atoms with Crippen LogP contribution in [-0.4, -0.2) is 18.1 Å². The minimum atomic E-state index is 0. The Morgan fingerprint density at radius 1 is 1.31 bits per heavy atom. The summed E-state index contributed by atoms with van der Waals surface area (Å²) in [5.74, 6) is 0.507. The van der Waals surface area contributed by atoms with Gasteiger partial charge in [-0.05, 0) is 37.8 Å². The molecule has 4 heteroatoms. The number of nitrogens with zero attached hydrogens (tertiary/aromatic N) is 2. The SMILES string of the molecule is Cc1c(N2CCCCC2)ccnc1CCl.Cl. The number of halogens is 2. The zero-order valence-electron chi connectivity index (χ0n) is 9.58. The molecule has 1 aliphatic heterocycles. The molecule has 1 aromatic rings. The molecule has 0 saturated carbocycles. The molecule has 2 nitrogen and oxygen atoms in total. The van der Waals surface area contributed by atoms with Crippen LogP contribution < -0.4 is 4.90 Å². The van der Waals surface area contributed by atoms with Crippen molar-refractivity contribution in [2.75, 3.05) is 18.0 Å². The number of aromatic nitrogens is 1. The lowest BCUT2D eigenvalue weighted by Gasteiger charge is -2.30. The van der Waals surface area contributed by atoms with Crippen molar-refractivity contribution in [3.63, 3.8) is 0 Å². The average Bonchev–Trinajstić information content (AvgIpc) is 2.30. The van der Waals surface area contributed by atoms with Gasteiger partial charge in [-0.3, -0.25) is 4.98 Å². The molecule has 0 atom stereocenters. The summed E-state index contributed by atoms with van der Waals surface area (Å²) in [6.07, 6.45) is 5.84. The van der Waals surface area contributed by atoms with Crippen LogP contribution in [0.15, 0.2) is 12.3 Å². The van der Waals surface area contributed by atoms with Gasteiger partial charge in [0.1, 0.15) is 0 Å². The second kappa shape index (κ2) is 6.31. The van der Waals surface area contributed by atoms with E-state index in [2.05, 4.69) is 22.9 Å². The number of piperidine rings is 1. The predicted molar refractivity (Wildman–Crippen MR) is 71.8 cm³/mol. The fourth-order valence-corrected chi connectivity index (χ4v) is 2.45. The van der Waals surface area contributed by atoms with Crippen LogP contribution in [0.2, 0.25) is 0 Å². The Morgan fingerprint density at radius 2 is 2.00 bits per heavy atom. The lowest BCUT2D eigenvalue weighted by atomic mass is 10.1. The Bertz CT molecular complexity index is 336. The van der Waals surface area contributed by atoms with Crippen molar-refractivity contribution in [3.05, 3.63) is 23.5 Å². The van der Waals surface area contributed by atoms with Gasteiger partial charge in [0.15, 0.2) is 0 Å². The molecule has 2 heterocycles. The second-order valence-electron chi connectivity index (χ2n) is 4.08. The Kier molecular flexibility index (Phi) is 5.36. The molecule has 0 aromatic carbocycles. The van der Waals surface area contributed by atoms with E-state index in [0.717, 1.165) is 5.69 Å². The number of alkyl halides is 1. The molecule has 0 unspecified atom stereocenters. The van der Waals surface area contributed by atoms with E-state index in [1.807, 2.05) is 6.20 Å². The summed E-state index contributed by atoms with van der Waals surface area (Å²) in [7, 11) is 0. The highest BCUT2D eigenvalue weighted by molar-refractivity contribution is 6.17. The normalized spacial score (nSPS) is 15.8. The molecule has 0 N–H and O–H groups in total. The van der Waals surface area contributed by atoms with Crippen molar-refractivity contribution in [2.24, 2.45) is 0 Å². The van der Waals surface area contributed by atoms with Crippen LogP contribution in [0.1, 0.15) is 30.5 Å². The molecule has 1 saturated heterocycles. The highest BCUT2D eigenvalue weighted by Gasteiger charge is 2.14. The van der Waals surface area contributed by atoms with Crippen molar-refractivity contribution in [2.45, 2.75) is 32.1 Å². The van der Waals surface area contributed by atoms with Crippen LogP contribution in [0, 0.1) is 6.92 Å². The third kappa shape index (κ3) is 2.80. The summed E-state index contributed by atoms with van der Waals surface area (Å²) in [6.45, 7) is 4.47. The van der Waals surface area contributed by atoms with E-state index >= 15 is 0 Å². The van der Waals surface area contributed by atoms with Gasteiger partial charge in [0.05, 0.1) is 11.6 Å². The minimum Gasteiger partial charge on any atom is -0.371 e. The van der Waals surface area contributed by atoms with E-state index in [1.165, 1.54) is 43.6 Å². The largest absolute Gasteiger partial charge is 0.371 e. The van der Waals surface area contributed by atoms with Crippen molar-refractivity contribution in [3.8, 4) is 0 Å². The highest BCUT2D eigenvalue weighted by atomic mass is 35.5. The topological polar surface area (TPSA) is 16.1 Å². The minimum absolute atomic E-state index is 0. The van der Waals surface area contributed by atoms with Crippen LogP contribution in [0.3, 0.4) is 0 Å². The van der Waals surface area contributed by atoms with E-state index in [-0.39, 0.29) is 12.4 Å². The van der Waals surface area contributed by atoms with Gasteiger partial charge >= 0.3 is 0 Å². The van der Waals surface area contributed by atoms with E-state index < -0.39 is 0 Å². The molecule has 0 amide bonds. The second-order valence-corrected chi connectivity index (χ2v) is 4.35. The number of anilines is 1. The van der Waals surface area contributed by atoms with Crippen LogP contribution in [0.4, 0.5) is 5.69 Å². The van der Waals surface area contributed by atoms with Crippen LogP contribution in [0.5, 0.6) is 0 Å². The van der Waals surface area contributed by atoms with Crippen molar-refractivity contribution < 1.29 is 0 Å². The van der Waals surface area contributed by atoms with Gasteiger partial charge in [-0.2, -0.15) is 0 Å². The summed E-state index contributed by atoms with van der Waals surface area (Å²) in [5.41, 5.74) is 3.58. The maximum atomic E-state index is 5.86. The van der Waals surface area contributed by atoms with Crippen LogP contribution in [0.25, 0.3) is 0 Å². The third-order valence-corrected chi connectivity index (χ3v) is 3.36. The Morgan fingerprint density at radius 3 is 2.62 bits per heavy atom. The lowest BCUT2D eigenvalue weighted by Crippen LogP contribution is -2.30. The van der Waals surface area contributed by atoms with Crippen molar-refractivity contribution in [1.29, 1.82) is 0 Å². The lowest BCUT2D eigenvalue weighted by molar-refractivity contribution is 0.576. The van der Waals surface area contributed by atoms with Gasteiger partial charge in [0, 0.05) is 25.0 Å². The number of pyridine rings is 1. The van der Waals surface area contributed by atoms with Crippen LogP contribution >= 0.6 is 24.0 Å². The molecule has 1 aliphatic rings. The van der Waals surface area contributed by atoms with E-state index in [1.54, 1.807) is 0 Å². The number of hydrogen-bond donors (Lipinski definition) is 0. The zero-order chi connectivity index (χ0) is 10.7. The molecule has 0 spiro atoms. The highest BCUT2D eigenvalue weighted by Crippen LogP contribution is 2.25. The molecule has 90 valence electrons. The fourth-order valence-electron chi connectivity index (χ4n) is 2.18. The monoisotopic (exact) mass is 260 g/mol. The summed E-state index contributed by atoms with van der Waals surface area (Å²) < 4.78 is 0. The maximum absolute atomic E-state index is 5.86. The quantitative estimate of drug-likeness (QED) is 0.757. The fraction of sp³-hybridized carbons (Fsp3) is 0.583. The standard InChI is InChI=1S/C12H17ClN2.ClH/c1-10-11(9-13)14-6-5-12(10)15-7-3-2-4-8-15;/h5-6H,2-4,7-9H2,1H3;1H. The molecule has 1 aromatic heterocycles. The predicted octanol–water partition coefficient (Wildman–Crippen LogP) is 3.54. The summed E-state index contributed by atoms with van der Waals surface area (Å²) in [6, 6.07) is 2.11. The van der Waals surface area contributed by atoms with Gasteiger partial charge < -0.3 is 4.90 Å². The third-order valence-electron chi connectivity index (χ3n) is 3.10. The molecule has 2 rings (SSSR count). The number of rotatable bonds is 2. The zero-order valence-corrected chi connectivity index (χ0v) is 11.2. The average molecular weight is 261 g/mol. The molecule has 0 bridgehead atoms. The molecular weight excluding hydrogens is 243 g/mol. The molecule has 16 heavy (non-hydrogen) atoms. The van der Waals surface area contributed by atoms with Crippen molar-refractivity contribution >= 4 is 29.7 Å². The van der Waals surface area contributed by atoms with Gasteiger partial charge in [0.2, 0.25) is 0 Å². The van der Waals surface area contributed by atoms with Gasteiger partial charge in [0.25, 0.3) is 0 Å². The number of hydrogen-bond acceptors (Lipinski definition) is 2. The molecule has 0 radical (unpaired) electrons. The Hall–Kier alpha value is -0.470. The first-order valence-corrected chi connectivity index (χ1v) is 6.12. The van der Waals surface area contributed by atoms with E-state index in [4.69, 9.17) is 11.6 Å². The first kappa shape index (κ1) is 13.6. The molecule has 1 fully saturated rings. The summed E-state index contributed by atoms with van der Waals surface area (Å²) in [4.78, 5) is 6.75. The van der Waals surface area contributed by atoms with Crippen molar-refractivity contribution in [1.82, 2.24) is 4.98 Å². The Labute approximate surface area is 108 Å². The van der Waals surface area contributed by atoms with Gasteiger partial charge in [-0.25, -0.2) is 0 Å². The van der Waals surface area contributed by atoms with Gasteiger partial charge in [-0.1, -0.05) is 0 Å². The first-order valence-electron chi connectivity index (χ1n) is 5.58. The van der Waals surface area contributed by atoms with Crippen LogP contribution in [-0.2, 0) is 5.88 Å². The molecular formula is C12H18Cl2N2. The summed E-state index contributed by atoms with van der Waals surface area (Å²) >= 11 is 5.86. The summed E-state index contributed by atoms with van der Waals surface area (Å²) in [5, 5.41) is 0.